The number of aryl methyl sites for hydroxylation is 1. The minimum Gasteiger partial charge on any atom is -0.491 e. The van der Waals surface area contributed by atoms with Gasteiger partial charge in [0.15, 0.2) is 0 Å². The van der Waals surface area contributed by atoms with E-state index in [-0.39, 0.29) is 24.3 Å². The average Bonchev–Trinajstić information content (AvgIpc) is 3.25. The third-order valence-corrected chi connectivity index (χ3v) is 8.01. The van der Waals surface area contributed by atoms with Crippen LogP contribution in [0.3, 0.4) is 0 Å². The third kappa shape index (κ3) is 7.95. The number of likely N-dealkylation sites (tertiary alicyclic amines) is 1. The Labute approximate surface area is 244 Å². The lowest BCUT2D eigenvalue weighted by molar-refractivity contribution is 0.0678. The molecule has 1 aliphatic heterocycles. The third-order valence-electron chi connectivity index (χ3n) is 7.76. The van der Waals surface area contributed by atoms with E-state index < -0.39 is 17.7 Å². The van der Waals surface area contributed by atoms with Gasteiger partial charge in [0.25, 0.3) is 5.88 Å². The first kappa shape index (κ1) is 28.8. The summed E-state index contributed by atoms with van der Waals surface area (Å²) in [5.74, 6) is 1.15. The number of H-pyrrole nitrogens is 1. The van der Waals surface area contributed by atoms with Crippen molar-refractivity contribution in [2.75, 3.05) is 19.6 Å². The van der Waals surface area contributed by atoms with E-state index in [4.69, 9.17) is 21.2 Å². The van der Waals surface area contributed by atoms with Crippen LogP contribution in [-0.4, -0.2) is 51.6 Å². The van der Waals surface area contributed by atoms with E-state index in [9.17, 15) is 14.7 Å². The molecule has 5 rings (SSSR count). The van der Waals surface area contributed by atoms with Crippen molar-refractivity contribution in [3.05, 3.63) is 99.3 Å². The molecule has 0 radical (unpaired) electrons. The fourth-order valence-electron chi connectivity index (χ4n) is 5.36. The Morgan fingerprint density at radius 1 is 1.12 bits per heavy atom. The smallest absolute Gasteiger partial charge is 0.434 e. The van der Waals surface area contributed by atoms with Crippen molar-refractivity contribution in [3.63, 3.8) is 0 Å². The van der Waals surface area contributed by atoms with Crippen molar-refractivity contribution < 1.29 is 19.5 Å². The molecule has 10 heteroatoms. The fourth-order valence-corrected chi connectivity index (χ4v) is 5.49. The number of amides is 1. The number of halogens is 1. The van der Waals surface area contributed by atoms with Gasteiger partial charge in [-0.3, -0.25) is 0 Å². The van der Waals surface area contributed by atoms with Crippen LogP contribution < -0.4 is 15.8 Å². The predicted molar refractivity (Wildman–Crippen MR) is 158 cm³/mol. The van der Waals surface area contributed by atoms with Crippen molar-refractivity contribution in [3.8, 4) is 5.88 Å². The molecule has 2 unspecified atom stereocenters. The highest BCUT2D eigenvalue weighted by Gasteiger charge is 2.26. The lowest BCUT2D eigenvalue weighted by Gasteiger charge is -2.31. The molecule has 1 fully saturated rings. The molecule has 1 amide bonds. The number of hydrogen-bond donors (Lipinski definition) is 3. The zero-order valence-corrected chi connectivity index (χ0v) is 23.8. The number of carbonyl (C=O) groups excluding carboxylic acids is 1. The van der Waals surface area contributed by atoms with Crippen LogP contribution in [0.4, 0.5) is 4.79 Å². The number of hydrogen-bond acceptors (Lipinski definition) is 6. The van der Waals surface area contributed by atoms with Gasteiger partial charge in [0, 0.05) is 37.6 Å². The summed E-state index contributed by atoms with van der Waals surface area (Å²) in [5.41, 5.74) is 0.811. The number of benzene rings is 1. The van der Waals surface area contributed by atoms with E-state index in [1.165, 1.54) is 5.56 Å². The van der Waals surface area contributed by atoms with Crippen molar-refractivity contribution >= 4 is 17.7 Å². The molecule has 3 N–H and O–H groups in total. The number of nitrogens with one attached hydrogen (secondary N) is 2. The van der Waals surface area contributed by atoms with Crippen LogP contribution in [0, 0.1) is 11.8 Å². The first-order valence-corrected chi connectivity index (χ1v) is 14.7. The monoisotopic (exact) mass is 580 g/mol. The molecule has 1 aromatic carbocycles. The highest BCUT2D eigenvalue weighted by atomic mass is 35.5. The lowest BCUT2D eigenvalue weighted by atomic mass is 9.91. The normalized spacial score (nSPS) is 20.7. The average molecular weight is 581 g/mol. The van der Waals surface area contributed by atoms with Gasteiger partial charge in [0.1, 0.15) is 11.9 Å². The molecule has 3 aliphatic rings. The van der Waals surface area contributed by atoms with Gasteiger partial charge in [-0.25, -0.2) is 9.59 Å². The van der Waals surface area contributed by atoms with Gasteiger partial charge in [0.2, 0.25) is 0 Å². The highest BCUT2D eigenvalue weighted by Crippen LogP contribution is 2.24. The number of allylic oxidation sites excluding steroid dienone is 4. The predicted octanol–water partition coefficient (Wildman–Crippen LogP) is 4.88. The second-order valence-corrected chi connectivity index (χ2v) is 11.2. The number of carbonyl (C=O) groups is 1. The largest absolute Gasteiger partial charge is 0.491 e. The summed E-state index contributed by atoms with van der Waals surface area (Å²) >= 11 is 5.96. The summed E-state index contributed by atoms with van der Waals surface area (Å²) in [6, 6.07) is 7.90. The van der Waals surface area contributed by atoms with Crippen LogP contribution >= 0.6 is 11.6 Å². The molecular formula is C31H37ClN4O5. The number of aromatic amines is 1. The Morgan fingerprint density at radius 3 is 2.68 bits per heavy atom. The minimum atomic E-state index is -0.698. The zero-order valence-electron chi connectivity index (χ0n) is 23.0. The Balaban J connectivity index is 1.06. The Hall–Kier alpha value is -3.69. The van der Waals surface area contributed by atoms with Crippen LogP contribution in [-0.2, 0) is 17.7 Å². The quantitative estimate of drug-likeness (QED) is 0.370. The maximum Gasteiger partial charge on any atom is 0.434 e. The first-order chi connectivity index (χ1) is 19.9. The topological polar surface area (TPSA) is 109 Å². The molecule has 41 heavy (non-hydrogen) atoms. The molecular weight excluding hydrogens is 544 g/mol. The molecule has 2 aromatic rings. The maximum absolute atomic E-state index is 12.8. The van der Waals surface area contributed by atoms with E-state index in [0.717, 1.165) is 49.3 Å². The molecule has 1 saturated heterocycles. The summed E-state index contributed by atoms with van der Waals surface area (Å²) in [5, 5.41) is 14.6. The van der Waals surface area contributed by atoms with Gasteiger partial charge in [-0.15, -0.1) is 0 Å². The molecule has 0 saturated carbocycles. The van der Waals surface area contributed by atoms with Gasteiger partial charge in [-0.05, 0) is 79.9 Å². The number of aromatic hydroxyl groups is 1. The minimum absolute atomic E-state index is 0.0404. The van der Waals surface area contributed by atoms with Gasteiger partial charge < -0.3 is 29.9 Å². The van der Waals surface area contributed by atoms with E-state index >= 15 is 0 Å². The summed E-state index contributed by atoms with van der Waals surface area (Å²) in [4.78, 5) is 34.6. The summed E-state index contributed by atoms with van der Waals surface area (Å²) < 4.78 is 6.69. The van der Waals surface area contributed by atoms with E-state index in [0.29, 0.717) is 30.3 Å². The molecule has 2 aliphatic carbocycles. The number of ether oxygens (including phenoxy) is 1. The zero-order chi connectivity index (χ0) is 28.6. The van der Waals surface area contributed by atoms with E-state index in [1.807, 2.05) is 48.6 Å². The Bertz CT molecular complexity index is 1370. The van der Waals surface area contributed by atoms with Crippen molar-refractivity contribution in [2.24, 2.45) is 11.8 Å². The second kappa shape index (κ2) is 13.8. The Morgan fingerprint density at radius 2 is 1.93 bits per heavy atom. The van der Waals surface area contributed by atoms with Crippen LogP contribution in [0.2, 0.25) is 5.02 Å². The number of rotatable bonds is 10. The molecule has 2 heterocycles. The highest BCUT2D eigenvalue weighted by molar-refractivity contribution is 6.30. The molecule has 1 aromatic heterocycles. The standard InChI is InChI=1S/C31H37ClN4O5/c32-25-13-11-22(12-14-25)9-10-23-15-17-35(18-16-23)31(39)41-36-29(37)28(34-30(36)38)21-33-20-24-5-4-8-27(19-24)40-26-6-2-1-3-7-26/h1-4,6,8,11-14,19,23-24,26,33,37H,5,7,9-10,15-18,20-21H2,(H,34,38). The maximum atomic E-state index is 12.8. The molecule has 0 bridgehead atoms. The lowest BCUT2D eigenvalue weighted by Crippen LogP contribution is -2.44. The van der Waals surface area contributed by atoms with Crippen LogP contribution in [0.1, 0.15) is 43.4 Å². The van der Waals surface area contributed by atoms with Crippen molar-refractivity contribution in [1.82, 2.24) is 19.9 Å². The van der Waals surface area contributed by atoms with Gasteiger partial charge in [-0.1, -0.05) is 52.8 Å². The number of piperidine rings is 1. The Kier molecular flexibility index (Phi) is 9.69. The van der Waals surface area contributed by atoms with E-state index in [2.05, 4.69) is 28.5 Å². The van der Waals surface area contributed by atoms with Gasteiger partial charge in [-0.2, -0.15) is 0 Å². The van der Waals surface area contributed by atoms with Gasteiger partial charge in [0.05, 0.1) is 5.69 Å². The fraction of sp³-hybridized carbons (Fsp3) is 0.419. The first-order valence-electron chi connectivity index (χ1n) is 14.3. The van der Waals surface area contributed by atoms with E-state index in [1.54, 1.807) is 4.90 Å². The van der Waals surface area contributed by atoms with Crippen molar-refractivity contribution in [1.29, 1.82) is 0 Å². The number of nitrogens with zero attached hydrogens (tertiary/aromatic N) is 2. The van der Waals surface area contributed by atoms with Crippen molar-refractivity contribution in [2.45, 2.75) is 51.2 Å². The SMILES string of the molecule is O=C(On1c(O)c(CNCC2C=C(OC3C=CC=CC3)C=CC2)[nH]c1=O)N1CCC(CCc2ccc(Cl)cc2)CC1. The van der Waals surface area contributed by atoms with Crippen LogP contribution in [0.15, 0.2) is 77.4 Å². The summed E-state index contributed by atoms with van der Waals surface area (Å²) in [7, 11) is 0. The van der Waals surface area contributed by atoms with Crippen LogP contribution in [0.5, 0.6) is 5.88 Å². The summed E-state index contributed by atoms with van der Waals surface area (Å²) in [6.45, 7) is 1.92. The molecule has 2 atom stereocenters. The molecule has 218 valence electrons. The van der Waals surface area contributed by atoms with Crippen LogP contribution in [0.25, 0.3) is 0 Å². The number of aromatic nitrogens is 2. The van der Waals surface area contributed by atoms with Gasteiger partial charge >= 0.3 is 11.8 Å². The summed E-state index contributed by atoms with van der Waals surface area (Å²) in [6.07, 6.45) is 19.1. The molecule has 9 nitrogen and oxygen atoms in total. The number of imidazole rings is 1. The second-order valence-electron chi connectivity index (χ2n) is 10.8. The molecule has 0 spiro atoms.